The Morgan fingerprint density at radius 3 is 2.89 bits per heavy atom. The van der Waals surface area contributed by atoms with E-state index in [9.17, 15) is 5.11 Å². The maximum absolute atomic E-state index is 10.0. The van der Waals surface area contributed by atoms with Gasteiger partial charge in [-0.2, -0.15) is 0 Å². The molecule has 28 heavy (non-hydrogen) atoms. The Morgan fingerprint density at radius 1 is 1.25 bits per heavy atom. The zero-order valence-electron chi connectivity index (χ0n) is 16.0. The summed E-state index contributed by atoms with van der Waals surface area (Å²) in [6, 6.07) is 10.0. The van der Waals surface area contributed by atoms with Gasteiger partial charge >= 0.3 is 0 Å². The number of pyridine rings is 1. The predicted octanol–water partition coefficient (Wildman–Crippen LogP) is 4.78. The van der Waals surface area contributed by atoms with Crippen LogP contribution in [-0.4, -0.2) is 39.2 Å². The molecule has 1 aromatic carbocycles. The Kier molecular flexibility index (Phi) is 5.93. The standard InChI is InChI=1S/C22H25Cl2N3O/c1-2-20-19(24)7-5-15(25-20)4-6-16(13-28)27-10-9-17-18-11-14(23)3-8-21(18)26-22(17)12-27/h3,5,7-8,11,16,26,28H,2,4,6,9-10,12-13H2,1H3. The molecule has 0 saturated carbocycles. The molecule has 2 aromatic heterocycles. The fourth-order valence-electron chi connectivity index (χ4n) is 4.17. The molecule has 1 unspecified atom stereocenters. The van der Waals surface area contributed by atoms with Gasteiger partial charge < -0.3 is 10.1 Å². The smallest absolute Gasteiger partial charge is 0.0621 e. The number of nitrogens with one attached hydrogen (secondary N) is 1. The van der Waals surface area contributed by atoms with Crippen LogP contribution in [0.1, 0.15) is 36.0 Å². The van der Waals surface area contributed by atoms with Crippen molar-refractivity contribution in [3.05, 3.63) is 63.0 Å². The molecule has 1 aliphatic rings. The number of H-pyrrole nitrogens is 1. The molecular formula is C22H25Cl2N3O. The molecule has 1 aliphatic heterocycles. The molecule has 0 radical (unpaired) electrons. The van der Waals surface area contributed by atoms with Gasteiger partial charge in [-0.05, 0) is 61.6 Å². The van der Waals surface area contributed by atoms with Crippen LogP contribution in [0, 0.1) is 0 Å². The van der Waals surface area contributed by atoms with Crippen LogP contribution in [0.2, 0.25) is 10.0 Å². The minimum absolute atomic E-state index is 0.116. The number of aliphatic hydroxyl groups excluding tert-OH is 1. The van der Waals surface area contributed by atoms with Crippen molar-refractivity contribution in [2.24, 2.45) is 0 Å². The third-order valence-electron chi connectivity index (χ3n) is 5.74. The van der Waals surface area contributed by atoms with E-state index in [-0.39, 0.29) is 12.6 Å². The minimum atomic E-state index is 0.116. The number of halogens is 2. The number of aromatic nitrogens is 2. The quantitative estimate of drug-likeness (QED) is 0.606. The van der Waals surface area contributed by atoms with Crippen molar-refractivity contribution in [3.63, 3.8) is 0 Å². The van der Waals surface area contributed by atoms with E-state index < -0.39 is 0 Å². The van der Waals surface area contributed by atoms with E-state index in [2.05, 4.69) is 21.8 Å². The Bertz CT molecular complexity index is 985. The highest BCUT2D eigenvalue weighted by molar-refractivity contribution is 6.31. The minimum Gasteiger partial charge on any atom is -0.395 e. The molecule has 3 heterocycles. The molecule has 4 rings (SSSR count). The summed E-state index contributed by atoms with van der Waals surface area (Å²) in [5.74, 6) is 0. The third-order valence-corrected chi connectivity index (χ3v) is 6.32. The van der Waals surface area contributed by atoms with E-state index in [0.29, 0.717) is 0 Å². The molecule has 6 heteroatoms. The molecule has 0 saturated heterocycles. The number of aromatic amines is 1. The van der Waals surface area contributed by atoms with Gasteiger partial charge in [-0.25, -0.2) is 0 Å². The summed E-state index contributed by atoms with van der Waals surface area (Å²) in [5.41, 5.74) is 5.71. The number of nitrogens with zero attached hydrogens (tertiary/aromatic N) is 2. The molecule has 0 aliphatic carbocycles. The van der Waals surface area contributed by atoms with Crippen LogP contribution < -0.4 is 0 Å². The van der Waals surface area contributed by atoms with Crippen LogP contribution in [0.15, 0.2) is 30.3 Å². The fourth-order valence-corrected chi connectivity index (χ4v) is 4.58. The normalized spacial score (nSPS) is 15.7. The maximum atomic E-state index is 10.0. The van der Waals surface area contributed by atoms with Gasteiger partial charge in [0, 0.05) is 46.4 Å². The highest BCUT2D eigenvalue weighted by Gasteiger charge is 2.25. The van der Waals surface area contributed by atoms with Gasteiger partial charge in [-0.3, -0.25) is 9.88 Å². The van der Waals surface area contributed by atoms with Crippen molar-refractivity contribution in [1.29, 1.82) is 0 Å². The predicted molar refractivity (Wildman–Crippen MR) is 115 cm³/mol. The van der Waals surface area contributed by atoms with Crippen LogP contribution in [0.4, 0.5) is 0 Å². The Labute approximate surface area is 175 Å². The lowest BCUT2D eigenvalue weighted by molar-refractivity contribution is 0.104. The zero-order chi connectivity index (χ0) is 19.7. The Balaban J connectivity index is 1.47. The van der Waals surface area contributed by atoms with Crippen molar-refractivity contribution < 1.29 is 5.11 Å². The SMILES string of the molecule is CCc1nc(CCC(CO)N2CCc3c([nH]c4ccc(Cl)cc34)C2)ccc1Cl. The van der Waals surface area contributed by atoms with E-state index >= 15 is 0 Å². The summed E-state index contributed by atoms with van der Waals surface area (Å²) in [4.78, 5) is 10.6. The van der Waals surface area contributed by atoms with Gasteiger partial charge in [0.1, 0.15) is 0 Å². The molecule has 0 fully saturated rings. The average Bonchev–Trinajstić information content (AvgIpc) is 3.06. The zero-order valence-corrected chi connectivity index (χ0v) is 17.5. The Morgan fingerprint density at radius 2 is 2.11 bits per heavy atom. The second-order valence-electron chi connectivity index (χ2n) is 7.45. The molecule has 0 bridgehead atoms. The topological polar surface area (TPSA) is 52.2 Å². The van der Waals surface area contributed by atoms with Crippen LogP contribution in [0.5, 0.6) is 0 Å². The number of fused-ring (bicyclic) bond motifs is 3. The summed E-state index contributed by atoms with van der Waals surface area (Å²) in [6.45, 7) is 3.97. The molecular weight excluding hydrogens is 393 g/mol. The van der Waals surface area contributed by atoms with Crippen molar-refractivity contribution in [3.8, 4) is 0 Å². The first-order valence-electron chi connectivity index (χ1n) is 9.87. The van der Waals surface area contributed by atoms with Crippen molar-refractivity contribution in [2.75, 3.05) is 13.2 Å². The lowest BCUT2D eigenvalue weighted by Crippen LogP contribution is -2.41. The highest BCUT2D eigenvalue weighted by atomic mass is 35.5. The monoisotopic (exact) mass is 417 g/mol. The van der Waals surface area contributed by atoms with E-state index in [1.165, 1.54) is 16.6 Å². The van der Waals surface area contributed by atoms with Gasteiger partial charge in [-0.1, -0.05) is 30.1 Å². The van der Waals surface area contributed by atoms with Crippen LogP contribution in [0.25, 0.3) is 10.9 Å². The summed E-state index contributed by atoms with van der Waals surface area (Å²) in [6.07, 6.45) is 3.50. The van der Waals surface area contributed by atoms with Crippen LogP contribution in [0.3, 0.4) is 0 Å². The van der Waals surface area contributed by atoms with E-state index in [0.717, 1.165) is 65.7 Å². The largest absolute Gasteiger partial charge is 0.395 e. The number of rotatable bonds is 6. The molecule has 1 atom stereocenters. The van der Waals surface area contributed by atoms with Gasteiger partial charge in [0.25, 0.3) is 0 Å². The molecule has 148 valence electrons. The van der Waals surface area contributed by atoms with Gasteiger partial charge in [0.05, 0.1) is 17.3 Å². The fraction of sp³-hybridized carbons (Fsp3) is 0.409. The van der Waals surface area contributed by atoms with Crippen molar-refractivity contribution >= 4 is 34.1 Å². The second kappa shape index (κ2) is 8.42. The molecule has 2 N–H and O–H groups in total. The number of aryl methyl sites for hydroxylation is 2. The average molecular weight is 418 g/mol. The lowest BCUT2D eigenvalue weighted by atomic mass is 10.00. The number of benzene rings is 1. The summed E-state index contributed by atoms with van der Waals surface area (Å²) >= 11 is 12.4. The highest BCUT2D eigenvalue weighted by Crippen LogP contribution is 2.30. The number of hydrogen-bond donors (Lipinski definition) is 2. The van der Waals surface area contributed by atoms with Crippen molar-refractivity contribution in [2.45, 2.75) is 45.2 Å². The van der Waals surface area contributed by atoms with Gasteiger partial charge in [-0.15, -0.1) is 0 Å². The van der Waals surface area contributed by atoms with E-state index in [1.54, 1.807) is 0 Å². The third kappa shape index (κ3) is 3.92. The molecule has 3 aromatic rings. The van der Waals surface area contributed by atoms with E-state index in [4.69, 9.17) is 23.2 Å². The number of hydrogen-bond acceptors (Lipinski definition) is 3. The van der Waals surface area contributed by atoms with E-state index in [1.807, 2.05) is 30.3 Å². The van der Waals surface area contributed by atoms with Gasteiger partial charge in [0.2, 0.25) is 0 Å². The Hall–Kier alpha value is -1.59. The van der Waals surface area contributed by atoms with Crippen LogP contribution >= 0.6 is 23.2 Å². The summed E-state index contributed by atoms with van der Waals surface area (Å²) in [5, 5.41) is 12.7. The maximum Gasteiger partial charge on any atom is 0.0621 e. The summed E-state index contributed by atoms with van der Waals surface area (Å²) < 4.78 is 0. The van der Waals surface area contributed by atoms with Crippen LogP contribution in [-0.2, 0) is 25.8 Å². The molecule has 0 spiro atoms. The number of aliphatic hydroxyl groups is 1. The first-order valence-corrected chi connectivity index (χ1v) is 10.6. The first kappa shape index (κ1) is 19.7. The lowest BCUT2D eigenvalue weighted by Gasteiger charge is -2.33. The molecule has 0 amide bonds. The van der Waals surface area contributed by atoms with Crippen molar-refractivity contribution in [1.82, 2.24) is 14.9 Å². The summed E-state index contributed by atoms with van der Waals surface area (Å²) in [7, 11) is 0. The first-order chi connectivity index (χ1) is 13.6. The molecule has 4 nitrogen and oxygen atoms in total. The second-order valence-corrected chi connectivity index (χ2v) is 8.30. The van der Waals surface area contributed by atoms with Gasteiger partial charge in [0.15, 0.2) is 0 Å².